The predicted molar refractivity (Wildman–Crippen MR) is 68.3 cm³/mol. The molecule has 18 heavy (non-hydrogen) atoms. The summed E-state index contributed by atoms with van der Waals surface area (Å²) < 4.78 is 13.8. The van der Waals surface area contributed by atoms with Gasteiger partial charge in [-0.15, -0.1) is 0 Å². The van der Waals surface area contributed by atoms with E-state index in [4.69, 9.17) is 0 Å². The highest BCUT2D eigenvalue weighted by molar-refractivity contribution is 5.80. The molecule has 1 unspecified atom stereocenters. The Hall–Kier alpha value is -1.42. The van der Waals surface area contributed by atoms with Crippen molar-refractivity contribution in [1.29, 1.82) is 0 Å². The van der Waals surface area contributed by atoms with E-state index in [-0.39, 0.29) is 24.4 Å². The Labute approximate surface area is 107 Å². The molecular weight excluding hydrogens is 231 g/mol. The Balaban J connectivity index is 2.16. The van der Waals surface area contributed by atoms with E-state index in [1.807, 2.05) is 0 Å². The number of rotatable bonds is 4. The highest BCUT2D eigenvalue weighted by atomic mass is 19.1. The van der Waals surface area contributed by atoms with Gasteiger partial charge in [-0.3, -0.25) is 10.1 Å². The molecule has 0 bridgehead atoms. The molecule has 0 radical (unpaired) electrons. The van der Waals surface area contributed by atoms with E-state index in [2.05, 4.69) is 19.2 Å². The number of benzene rings is 1. The molecule has 1 heterocycles. The summed E-state index contributed by atoms with van der Waals surface area (Å²) in [5.41, 5.74) is 0.548. The molecule has 3 nitrogen and oxygen atoms in total. The third-order valence-electron chi connectivity index (χ3n) is 3.23. The first-order chi connectivity index (χ1) is 8.59. The van der Waals surface area contributed by atoms with Crippen molar-refractivity contribution in [3.8, 4) is 0 Å². The summed E-state index contributed by atoms with van der Waals surface area (Å²) in [7, 11) is 0. The van der Waals surface area contributed by atoms with Crippen molar-refractivity contribution in [3.63, 3.8) is 0 Å². The maximum absolute atomic E-state index is 13.8. The molecule has 1 fully saturated rings. The van der Waals surface area contributed by atoms with Crippen LogP contribution in [0.1, 0.15) is 32.0 Å². The van der Waals surface area contributed by atoms with Crippen LogP contribution in [0.3, 0.4) is 0 Å². The Morgan fingerprint density at radius 2 is 2.17 bits per heavy atom. The lowest BCUT2D eigenvalue weighted by Gasteiger charge is -2.25. The lowest BCUT2D eigenvalue weighted by molar-refractivity contribution is -0.128. The van der Waals surface area contributed by atoms with Crippen LogP contribution in [0, 0.1) is 11.7 Å². The van der Waals surface area contributed by atoms with Gasteiger partial charge in [0, 0.05) is 12.1 Å². The van der Waals surface area contributed by atoms with Crippen LogP contribution < -0.4 is 5.32 Å². The van der Waals surface area contributed by atoms with Crippen LogP contribution in [0.15, 0.2) is 24.3 Å². The molecule has 0 aromatic heterocycles. The summed E-state index contributed by atoms with van der Waals surface area (Å²) in [5.74, 6) is 0.308. The molecule has 1 aromatic rings. The van der Waals surface area contributed by atoms with Crippen molar-refractivity contribution in [3.05, 3.63) is 35.6 Å². The highest BCUT2D eigenvalue weighted by Crippen LogP contribution is 2.25. The normalized spacial score (nSPS) is 19.9. The van der Waals surface area contributed by atoms with Gasteiger partial charge >= 0.3 is 0 Å². The van der Waals surface area contributed by atoms with E-state index in [9.17, 15) is 9.18 Å². The predicted octanol–water partition coefficient (Wildman–Crippen LogP) is 2.30. The fourth-order valence-electron chi connectivity index (χ4n) is 2.17. The number of nitrogens with one attached hydrogen (secondary N) is 1. The molecule has 1 aliphatic rings. The number of hydrogen-bond acceptors (Lipinski definition) is 2. The van der Waals surface area contributed by atoms with Gasteiger partial charge in [0.15, 0.2) is 0 Å². The molecule has 98 valence electrons. The van der Waals surface area contributed by atoms with Gasteiger partial charge in [0.1, 0.15) is 12.0 Å². The maximum atomic E-state index is 13.8. The molecule has 1 N–H and O–H groups in total. The molecule has 1 saturated heterocycles. The summed E-state index contributed by atoms with van der Waals surface area (Å²) in [6, 6.07) is 6.62. The number of hydrogen-bond donors (Lipinski definition) is 1. The number of amides is 1. The Morgan fingerprint density at radius 3 is 2.83 bits per heavy atom. The van der Waals surface area contributed by atoms with Crippen LogP contribution in [0.5, 0.6) is 0 Å². The monoisotopic (exact) mass is 250 g/mol. The zero-order valence-electron chi connectivity index (χ0n) is 10.8. The van der Waals surface area contributed by atoms with Crippen LogP contribution >= 0.6 is 0 Å². The SMILES string of the molecule is CC(C)CCN1C(=O)CNC1c1ccccc1F. The summed E-state index contributed by atoms with van der Waals surface area (Å²) in [6.07, 6.45) is 0.607. The fraction of sp³-hybridized carbons (Fsp3) is 0.500. The van der Waals surface area contributed by atoms with Crippen LogP contribution in [0.4, 0.5) is 4.39 Å². The first-order valence-corrected chi connectivity index (χ1v) is 6.37. The second-order valence-electron chi connectivity index (χ2n) is 5.07. The minimum Gasteiger partial charge on any atom is -0.322 e. The van der Waals surface area contributed by atoms with Gasteiger partial charge < -0.3 is 4.90 Å². The standard InChI is InChI=1S/C14H19FN2O/c1-10(2)7-8-17-13(18)9-16-14(17)11-5-3-4-6-12(11)15/h3-6,10,14,16H,7-9H2,1-2H3. The van der Waals surface area contributed by atoms with Crippen molar-refractivity contribution in [2.75, 3.05) is 13.1 Å². The summed E-state index contributed by atoms with van der Waals surface area (Å²) in [5, 5.41) is 3.07. The molecule has 1 aromatic carbocycles. The van der Waals surface area contributed by atoms with Gasteiger partial charge in [-0.2, -0.15) is 0 Å². The van der Waals surface area contributed by atoms with Crippen LogP contribution in [0.2, 0.25) is 0 Å². The average Bonchev–Trinajstić information content (AvgIpc) is 2.68. The number of carbonyl (C=O) groups is 1. The second kappa shape index (κ2) is 5.48. The Kier molecular flexibility index (Phi) is 3.97. The zero-order valence-corrected chi connectivity index (χ0v) is 10.8. The van der Waals surface area contributed by atoms with Crippen molar-refractivity contribution < 1.29 is 9.18 Å². The zero-order chi connectivity index (χ0) is 13.1. The molecule has 4 heteroatoms. The molecule has 0 aliphatic carbocycles. The molecule has 1 aliphatic heterocycles. The number of halogens is 1. The average molecular weight is 250 g/mol. The van der Waals surface area contributed by atoms with Crippen molar-refractivity contribution >= 4 is 5.91 Å². The smallest absolute Gasteiger partial charge is 0.238 e. The first-order valence-electron chi connectivity index (χ1n) is 6.37. The Morgan fingerprint density at radius 1 is 1.44 bits per heavy atom. The van der Waals surface area contributed by atoms with Gasteiger partial charge in [-0.25, -0.2) is 4.39 Å². The molecule has 0 spiro atoms. The van der Waals surface area contributed by atoms with Crippen LogP contribution in [0.25, 0.3) is 0 Å². The largest absolute Gasteiger partial charge is 0.322 e. The molecule has 1 atom stereocenters. The molecular formula is C14H19FN2O. The topological polar surface area (TPSA) is 32.3 Å². The van der Waals surface area contributed by atoms with Crippen LogP contribution in [-0.4, -0.2) is 23.9 Å². The van der Waals surface area contributed by atoms with Crippen LogP contribution in [-0.2, 0) is 4.79 Å². The van der Waals surface area contributed by atoms with Crippen molar-refractivity contribution in [2.24, 2.45) is 5.92 Å². The summed E-state index contributed by atoms with van der Waals surface area (Å²) in [4.78, 5) is 13.6. The first kappa shape index (κ1) is 13.0. The van der Waals surface area contributed by atoms with E-state index < -0.39 is 0 Å². The fourth-order valence-corrected chi connectivity index (χ4v) is 2.17. The van der Waals surface area contributed by atoms with Gasteiger partial charge in [0.2, 0.25) is 5.91 Å². The van der Waals surface area contributed by atoms with Gasteiger partial charge in [0.25, 0.3) is 0 Å². The van der Waals surface area contributed by atoms with Crippen molar-refractivity contribution in [2.45, 2.75) is 26.4 Å². The van der Waals surface area contributed by atoms with Gasteiger partial charge in [-0.05, 0) is 18.4 Å². The van der Waals surface area contributed by atoms with Gasteiger partial charge in [-0.1, -0.05) is 32.0 Å². The third-order valence-corrected chi connectivity index (χ3v) is 3.23. The third kappa shape index (κ3) is 2.70. The van der Waals surface area contributed by atoms with E-state index >= 15 is 0 Å². The minimum absolute atomic E-state index is 0.0453. The second-order valence-corrected chi connectivity index (χ2v) is 5.07. The van der Waals surface area contributed by atoms with E-state index in [0.717, 1.165) is 6.42 Å². The molecule has 0 saturated carbocycles. The lowest BCUT2D eigenvalue weighted by Crippen LogP contribution is -2.32. The summed E-state index contributed by atoms with van der Waals surface area (Å²) >= 11 is 0. The summed E-state index contributed by atoms with van der Waals surface area (Å²) in [6.45, 7) is 5.19. The number of nitrogens with zero attached hydrogens (tertiary/aromatic N) is 1. The Bertz CT molecular complexity index is 434. The minimum atomic E-state index is -0.322. The van der Waals surface area contributed by atoms with E-state index in [1.54, 1.807) is 23.1 Å². The molecule has 1 amide bonds. The van der Waals surface area contributed by atoms with Crippen molar-refractivity contribution in [1.82, 2.24) is 10.2 Å². The van der Waals surface area contributed by atoms with E-state index in [1.165, 1.54) is 6.07 Å². The quantitative estimate of drug-likeness (QED) is 0.889. The number of carbonyl (C=O) groups excluding carboxylic acids is 1. The molecule has 2 rings (SSSR count). The van der Waals surface area contributed by atoms with Gasteiger partial charge in [0.05, 0.1) is 6.54 Å². The van der Waals surface area contributed by atoms with E-state index in [0.29, 0.717) is 18.0 Å². The highest BCUT2D eigenvalue weighted by Gasteiger charge is 2.32. The lowest BCUT2D eigenvalue weighted by atomic mass is 10.1. The maximum Gasteiger partial charge on any atom is 0.238 e.